The van der Waals surface area contributed by atoms with E-state index in [1.165, 1.54) is 23.8 Å². The standard InChI is InChI=1S/C42H50N4O7/c1-7-23-20-44-15-13-39-30-18-33(50-4)26(17-32(30)43(3)42(39,44)12-8-24(23)35(39)37(48)52-6)25-16-27-28-10-14-45-21-40(22(2)47)29-9-11-41(28,45)46(36(29)38(49)53-40)31(27)19-34(25)51-5/h7,16-19,22,24,28-29,35-36,47H,8-15,20-21H2,1-6H3/t22-,24-,28+,29+,35-,36-,39-,40-,41-,42-/m0/s1. The fourth-order valence-corrected chi connectivity index (χ4v) is 14.5. The number of aliphatic hydroxyl groups is 1. The third-order valence-corrected chi connectivity index (χ3v) is 16.4. The summed E-state index contributed by atoms with van der Waals surface area (Å²) in [6.07, 6.45) is 7.02. The van der Waals surface area contributed by atoms with E-state index in [4.69, 9.17) is 18.9 Å². The Labute approximate surface area is 310 Å². The van der Waals surface area contributed by atoms with Crippen LogP contribution >= 0.6 is 0 Å². The fourth-order valence-electron chi connectivity index (χ4n) is 14.5. The normalized spacial score (nSPS) is 41.9. The second-order valence-electron chi connectivity index (χ2n) is 17.4. The van der Waals surface area contributed by atoms with Crippen LogP contribution in [0.1, 0.15) is 69.4 Å². The van der Waals surface area contributed by atoms with Gasteiger partial charge >= 0.3 is 11.9 Å². The molecule has 11 nitrogen and oxygen atoms in total. The van der Waals surface area contributed by atoms with Gasteiger partial charge in [0.25, 0.3) is 0 Å². The van der Waals surface area contributed by atoms with Crippen LogP contribution in [-0.4, -0.2) is 110 Å². The zero-order valence-electron chi connectivity index (χ0n) is 31.6. The number of aliphatic hydroxyl groups excluding tert-OH is 1. The lowest BCUT2D eigenvalue weighted by Crippen LogP contribution is -2.66. The first-order chi connectivity index (χ1) is 25.6. The number of hydrogen-bond donors (Lipinski definition) is 1. The highest BCUT2D eigenvalue weighted by atomic mass is 16.6. The smallest absolute Gasteiger partial charge is 0.329 e. The average Bonchev–Trinajstić information content (AvgIpc) is 3.81. The molecule has 11 heteroatoms. The van der Waals surface area contributed by atoms with Gasteiger partial charge in [-0.3, -0.25) is 14.6 Å². The Morgan fingerprint density at radius 1 is 0.981 bits per heavy atom. The first-order valence-corrected chi connectivity index (χ1v) is 19.7. The van der Waals surface area contributed by atoms with E-state index in [9.17, 15) is 14.7 Å². The number of esters is 2. The summed E-state index contributed by atoms with van der Waals surface area (Å²) >= 11 is 0. The molecule has 0 aromatic heterocycles. The van der Waals surface area contributed by atoms with Crippen molar-refractivity contribution in [3.63, 3.8) is 0 Å². The minimum absolute atomic E-state index is 0.0821. The van der Waals surface area contributed by atoms with E-state index < -0.39 is 23.2 Å². The van der Waals surface area contributed by atoms with Gasteiger partial charge in [0.15, 0.2) is 5.60 Å². The van der Waals surface area contributed by atoms with E-state index in [1.54, 1.807) is 21.1 Å². The lowest BCUT2D eigenvalue weighted by molar-refractivity contribution is -0.166. The fraction of sp³-hybridized carbons (Fsp3) is 0.619. The number of allylic oxidation sites excluding steroid dienone is 1. The summed E-state index contributed by atoms with van der Waals surface area (Å²) in [4.78, 5) is 37.9. The Kier molecular flexibility index (Phi) is 6.33. The van der Waals surface area contributed by atoms with Crippen molar-refractivity contribution in [2.45, 2.75) is 92.8 Å². The van der Waals surface area contributed by atoms with Crippen molar-refractivity contribution < 1.29 is 33.6 Å². The van der Waals surface area contributed by atoms with Crippen molar-refractivity contribution in [1.29, 1.82) is 0 Å². The van der Waals surface area contributed by atoms with Gasteiger partial charge in [-0.15, -0.1) is 0 Å². The molecule has 10 aliphatic heterocycles. The van der Waals surface area contributed by atoms with Crippen molar-refractivity contribution >= 4 is 23.3 Å². The number of nitrogens with zero attached hydrogens (tertiary/aromatic N) is 4. The highest BCUT2D eigenvalue weighted by Crippen LogP contribution is 2.71. The Balaban J connectivity index is 1.09. The molecular weight excluding hydrogens is 672 g/mol. The van der Waals surface area contributed by atoms with Crippen LogP contribution in [0.4, 0.5) is 11.4 Å². The molecule has 1 unspecified atom stereocenters. The summed E-state index contributed by atoms with van der Waals surface area (Å²) in [7, 11) is 7.22. The molecule has 280 valence electrons. The Bertz CT molecular complexity index is 2050. The summed E-state index contributed by atoms with van der Waals surface area (Å²) in [6, 6.07) is 8.53. The van der Waals surface area contributed by atoms with Crippen molar-refractivity contribution in [3.8, 4) is 22.6 Å². The summed E-state index contributed by atoms with van der Waals surface area (Å²) in [5.41, 5.74) is 5.86. The highest BCUT2D eigenvalue weighted by molar-refractivity contribution is 5.91. The van der Waals surface area contributed by atoms with Crippen LogP contribution in [0, 0.1) is 17.8 Å². The quantitative estimate of drug-likeness (QED) is 0.351. The van der Waals surface area contributed by atoms with Crippen LogP contribution in [0.2, 0.25) is 0 Å². The van der Waals surface area contributed by atoms with E-state index >= 15 is 0 Å². The molecule has 0 amide bonds. The van der Waals surface area contributed by atoms with Gasteiger partial charge in [-0.2, -0.15) is 0 Å². The summed E-state index contributed by atoms with van der Waals surface area (Å²) in [6.45, 7) is 7.13. The Morgan fingerprint density at radius 2 is 1.75 bits per heavy atom. The lowest BCUT2D eigenvalue weighted by Gasteiger charge is -2.54. The SMILES string of the molecule is CC=C1CN2CC[C@@]34c5cc(OC)c(-c6cc7c(cc6OC)N6[C@@H]8C(=O)O[C@]9([C@H](C)O)CN%10CC[C@H]7[C@@]%106CC[C@H]89)cc5N(C)[C@@]23CC[C@@H]1[C@H]4C(=O)OC. The van der Waals surface area contributed by atoms with Gasteiger partial charge in [-0.05, 0) is 87.6 Å². The van der Waals surface area contributed by atoms with E-state index in [2.05, 4.69) is 63.9 Å². The number of anilines is 2. The lowest BCUT2D eigenvalue weighted by atomic mass is 9.54. The maximum atomic E-state index is 14.0. The minimum Gasteiger partial charge on any atom is -0.496 e. The second-order valence-corrected chi connectivity index (χ2v) is 17.4. The summed E-state index contributed by atoms with van der Waals surface area (Å²) in [5.74, 6) is 1.12. The molecule has 8 bridgehead atoms. The monoisotopic (exact) mass is 722 g/mol. The number of ether oxygens (including phenoxy) is 4. The topological polar surface area (TPSA) is 104 Å². The molecule has 2 aromatic rings. The number of methoxy groups -OCH3 is 3. The van der Waals surface area contributed by atoms with Crippen molar-refractivity contribution in [2.75, 3.05) is 64.4 Å². The van der Waals surface area contributed by atoms with Crippen LogP contribution in [0.5, 0.6) is 11.5 Å². The van der Waals surface area contributed by atoms with Crippen LogP contribution in [0.15, 0.2) is 35.9 Å². The Morgan fingerprint density at radius 3 is 2.49 bits per heavy atom. The predicted octanol–water partition coefficient (Wildman–Crippen LogP) is 4.39. The third kappa shape index (κ3) is 3.31. The largest absolute Gasteiger partial charge is 0.496 e. The number of likely N-dealkylation sites (N-methyl/N-ethyl adjacent to an activating group) is 1. The molecule has 9 fully saturated rings. The number of carbonyl (C=O) groups excluding carboxylic acids is 2. The molecule has 1 aliphatic carbocycles. The molecule has 2 spiro atoms. The van der Waals surface area contributed by atoms with Gasteiger partial charge < -0.3 is 33.9 Å². The molecular formula is C42H50N4O7. The molecule has 11 atom stereocenters. The number of hydrogen-bond acceptors (Lipinski definition) is 11. The first kappa shape index (κ1) is 32.6. The molecule has 0 radical (unpaired) electrons. The number of benzene rings is 2. The van der Waals surface area contributed by atoms with Crippen molar-refractivity contribution in [1.82, 2.24) is 9.80 Å². The van der Waals surface area contributed by atoms with Gasteiger partial charge in [-0.25, -0.2) is 4.79 Å². The number of fused-ring (bicyclic) bond motifs is 6. The number of rotatable bonds is 5. The van der Waals surface area contributed by atoms with Crippen LogP contribution in [0.3, 0.4) is 0 Å². The molecule has 1 saturated carbocycles. The molecule has 10 heterocycles. The van der Waals surface area contributed by atoms with Crippen LogP contribution in [-0.2, 0) is 24.5 Å². The Hall–Kier alpha value is -3.80. The van der Waals surface area contributed by atoms with E-state index in [0.29, 0.717) is 6.54 Å². The molecule has 53 heavy (non-hydrogen) atoms. The van der Waals surface area contributed by atoms with Crippen molar-refractivity contribution in [3.05, 3.63) is 47.0 Å². The predicted molar refractivity (Wildman–Crippen MR) is 197 cm³/mol. The zero-order valence-corrected chi connectivity index (χ0v) is 31.6. The van der Waals surface area contributed by atoms with E-state index in [-0.39, 0.29) is 46.9 Å². The minimum atomic E-state index is -0.885. The third-order valence-electron chi connectivity index (χ3n) is 16.4. The van der Waals surface area contributed by atoms with Crippen LogP contribution < -0.4 is 19.3 Å². The molecule has 11 aliphatic rings. The second kappa shape index (κ2) is 10.3. The molecule has 2 aromatic carbocycles. The zero-order chi connectivity index (χ0) is 36.6. The average molecular weight is 723 g/mol. The van der Waals surface area contributed by atoms with Gasteiger partial charge in [-0.1, -0.05) is 11.6 Å². The van der Waals surface area contributed by atoms with Crippen molar-refractivity contribution in [2.24, 2.45) is 17.8 Å². The maximum Gasteiger partial charge on any atom is 0.329 e. The van der Waals surface area contributed by atoms with Gasteiger partial charge in [0.05, 0.1) is 33.4 Å². The van der Waals surface area contributed by atoms with Crippen LogP contribution in [0.25, 0.3) is 11.1 Å². The highest BCUT2D eigenvalue weighted by Gasteiger charge is 2.77. The number of carbonyl (C=O) groups is 2. The summed E-state index contributed by atoms with van der Waals surface area (Å²) < 4.78 is 24.4. The maximum absolute atomic E-state index is 14.0. The molecule has 8 saturated heterocycles. The first-order valence-electron chi connectivity index (χ1n) is 19.7. The molecule has 1 N–H and O–H groups in total. The summed E-state index contributed by atoms with van der Waals surface area (Å²) in [5, 5.41) is 11.1. The van der Waals surface area contributed by atoms with Gasteiger partial charge in [0.1, 0.15) is 28.9 Å². The van der Waals surface area contributed by atoms with Gasteiger partial charge in [0.2, 0.25) is 0 Å². The van der Waals surface area contributed by atoms with Gasteiger partial charge in [0, 0.05) is 79.0 Å². The van der Waals surface area contributed by atoms with E-state index in [1.807, 2.05) is 0 Å². The number of piperidine rings is 1. The van der Waals surface area contributed by atoms with E-state index in [0.717, 1.165) is 92.2 Å². The molecule has 13 rings (SSSR count).